The quantitative estimate of drug-likeness (QED) is 0.738. The van der Waals surface area contributed by atoms with E-state index in [4.69, 9.17) is 16.6 Å². The average Bonchev–Trinajstić information content (AvgIpc) is 3.23. The van der Waals surface area contributed by atoms with Gasteiger partial charge < -0.3 is 9.80 Å². The summed E-state index contributed by atoms with van der Waals surface area (Å²) in [6, 6.07) is 8.92. The first kappa shape index (κ1) is 19.4. The summed E-state index contributed by atoms with van der Waals surface area (Å²) in [5.41, 5.74) is 0.709. The minimum atomic E-state index is -3.37. The molecule has 4 rings (SSSR count). The second-order valence-electron chi connectivity index (χ2n) is 7.18. The largest absolute Gasteiger partial charge is 0.354 e. The van der Waals surface area contributed by atoms with Gasteiger partial charge in [0.25, 0.3) is 0 Å². The first-order valence-corrected chi connectivity index (χ1v) is 11.6. The Bertz CT molecular complexity index is 925. The molecule has 0 aliphatic carbocycles. The van der Waals surface area contributed by atoms with Crippen LogP contribution in [0, 0.1) is 0 Å². The Morgan fingerprint density at radius 3 is 2.43 bits per heavy atom. The van der Waals surface area contributed by atoms with E-state index in [0.29, 0.717) is 36.8 Å². The standard InChI is InChI=1S/C19H24ClN5O2S/c20-17-5-3-4-16(14-17)15-28(26,27)25-12-10-23(11-13-25)18-6-7-21-19(22-18)24-8-1-2-9-24/h3-7,14H,1-2,8-13,15H2. The molecule has 0 atom stereocenters. The number of nitrogens with zero attached hydrogens (tertiary/aromatic N) is 5. The van der Waals surface area contributed by atoms with Gasteiger partial charge in [-0.15, -0.1) is 0 Å². The van der Waals surface area contributed by atoms with Crippen LogP contribution in [0.3, 0.4) is 0 Å². The predicted molar refractivity (Wildman–Crippen MR) is 111 cm³/mol. The van der Waals surface area contributed by atoms with E-state index in [0.717, 1.165) is 24.9 Å². The van der Waals surface area contributed by atoms with Crippen LogP contribution < -0.4 is 9.80 Å². The molecule has 2 fully saturated rings. The van der Waals surface area contributed by atoms with Crippen LogP contribution in [-0.4, -0.2) is 62.0 Å². The van der Waals surface area contributed by atoms with Crippen molar-refractivity contribution in [3.63, 3.8) is 0 Å². The first-order valence-electron chi connectivity index (χ1n) is 9.56. The van der Waals surface area contributed by atoms with E-state index in [9.17, 15) is 8.42 Å². The molecule has 0 unspecified atom stereocenters. The Morgan fingerprint density at radius 2 is 1.71 bits per heavy atom. The fourth-order valence-electron chi connectivity index (χ4n) is 3.71. The topological polar surface area (TPSA) is 69.6 Å². The molecule has 0 N–H and O–H groups in total. The molecule has 3 heterocycles. The summed E-state index contributed by atoms with van der Waals surface area (Å²) < 4.78 is 27.1. The van der Waals surface area contributed by atoms with Crippen molar-refractivity contribution in [3.8, 4) is 0 Å². The van der Waals surface area contributed by atoms with Crippen molar-refractivity contribution in [1.29, 1.82) is 0 Å². The molecule has 1 aromatic carbocycles. The number of aromatic nitrogens is 2. The van der Waals surface area contributed by atoms with Crippen molar-refractivity contribution in [2.45, 2.75) is 18.6 Å². The molecule has 0 radical (unpaired) electrons. The van der Waals surface area contributed by atoms with Gasteiger partial charge in [0.2, 0.25) is 16.0 Å². The molecular weight excluding hydrogens is 398 g/mol. The normalized spacial score (nSPS) is 18.6. The van der Waals surface area contributed by atoms with Crippen molar-refractivity contribution < 1.29 is 8.42 Å². The molecular formula is C19H24ClN5O2S. The highest BCUT2D eigenvalue weighted by atomic mass is 35.5. The van der Waals surface area contributed by atoms with Crippen LogP contribution in [0.5, 0.6) is 0 Å². The van der Waals surface area contributed by atoms with E-state index in [1.165, 1.54) is 12.8 Å². The Labute approximate surface area is 171 Å². The molecule has 7 nitrogen and oxygen atoms in total. The number of hydrogen-bond donors (Lipinski definition) is 0. The molecule has 2 aliphatic heterocycles. The molecule has 9 heteroatoms. The highest BCUT2D eigenvalue weighted by Crippen LogP contribution is 2.22. The van der Waals surface area contributed by atoms with Gasteiger partial charge in [-0.05, 0) is 36.6 Å². The maximum atomic E-state index is 12.8. The number of rotatable bonds is 5. The fourth-order valence-corrected chi connectivity index (χ4v) is 5.42. The zero-order chi connectivity index (χ0) is 19.6. The van der Waals surface area contributed by atoms with Gasteiger partial charge >= 0.3 is 0 Å². The lowest BCUT2D eigenvalue weighted by Crippen LogP contribution is -2.49. The highest BCUT2D eigenvalue weighted by molar-refractivity contribution is 7.88. The summed E-state index contributed by atoms with van der Waals surface area (Å²) >= 11 is 5.98. The zero-order valence-electron chi connectivity index (χ0n) is 15.7. The van der Waals surface area contributed by atoms with Gasteiger partial charge in [-0.3, -0.25) is 0 Å². The Kier molecular flexibility index (Phi) is 5.70. The number of sulfonamides is 1. The third-order valence-corrected chi connectivity index (χ3v) is 7.30. The van der Waals surface area contributed by atoms with Crippen LogP contribution in [0.25, 0.3) is 0 Å². The summed E-state index contributed by atoms with van der Waals surface area (Å²) in [5.74, 6) is 1.61. The Morgan fingerprint density at radius 1 is 0.964 bits per heavy atom. The van der Waals surface area contributed by atoms with Crippen molar-refractivity contribution in [2.75, 3.05) is 49.1 Å². The molecule has 0 spiro atoms. The highest BCUT2D eigenvalue weighted by Gasteiger charge is 2.28. The Balaban J connectivity index is 1.39. The minimum absolute atomic E-state index is 0.0276. The predicted octanol–water partition coefficient (Wildman–Crippen LogP) is 2.38. The monoisotopic (exact) mass is 421 g/mol. The van der Waals surface area contributed by atoms with Crippen molar-refractivity contribution in [3.05, 3.63) is 47.1 Å². The molecule has 2 saturated heterocycles. The Hall–Kier alpha value is -1.90. The van der Waals surface area contributed by atoms with Gasteiger partial charge in [-0.1, -0.05) is 23.7 Å². The number of anilines is 2. The van der Waals surface area contributed by atoms with Crippen LogP contribution in [0.4, 0.5) is 11.8 Å². The summed E-state index contributed by atoms with van der Waals surface area (Å²) in [5, 5.41) is 0.551. The minimum Gasteiger partial charge on any atom is -0.354 e. The van der Waals surface area contributed by atoms with E-state index < -0.39 is 10.0 Å². The van der Waals surface area contributed by atoms with Crippen molar-refractivity contribution in [1.82, 2.24) is 14.3 Å². The summed E-state index contributed by atoms with van der Waals surface area (Å²) in [7, 11) is -3.37. The molecule has 150 valence electrons. The lowest BCUT2D eigenvalue weighted by atomic mass is 10.2. The maximum Gasteiger partial charge on any atom is 0.227 e. The SMILES string of the molecule is O=S(=O)(Cc1cccc(Cl)c1)N1CCN(c2ccnc(N3CCCC3)n2)CC1. The van der Waals surface area contributed by atoms with Crippen molar-refractivity contribution in [2.24, 2.45) is 0 Å². The van der Waals surface area contributed by atoms with Crippen LogP contribution in [0.15, 0.2) is 36.5 Å². The first-order chi connectivity index (χ1) is 13.5. The van der Waals surface area contributed by atoms with Crippen LogP contribution in [0.1, 0.15) is 18.4 Å². The average molecular weight is 422 g/mol. The second-order valence-corrected chi connectivity index (χ2v) is 9.59. The molecule has 0 amide bonds. The molecule has 2 aromatic rings. The van der Waals surface area contributed by atoms with Gasteiger partial charge in [-0.25, -0.2) is 13.4 Å². The molecule has 0 saturated carbocycles. The van der Waals surface area contributed by atoms with E-state index in [1.54, 1.807) is 34.8 Å². The van der Waals surface area contributed by atoms with Gasteiger partial charge in [-0.2, -0.15) is 9.29 Å². The van der Waals surface area contributed by atoms with Crippen LogP contribution >= 0.6 is 11.6 Å². The number of hydrogen-bond acceptors (Lipinski definition) is 6. The number of piperazine rings is 1. The zero-order valence-corrected chi connectivity index (χ0v) is 17.2. The molecule has 28 heavy (non-hydrogen) atoms. The lowest BCUT2D eigenvalue weighted by molar-refractivity contribution is 0.383. The summed E-state index contributed by atoms with van der Waals surface area (Å²) in [6.45, 7) is 4.13. The number of benzene rings is 1. The van der Waals surface area contributed by atoms with Gasteiger partial charge in [0, 0.05) is 50.5 Å². The second kappa shape index (κ2) is 8.23. The van der Waals surface area contributed by atoms with Crippen LogP contribution in [0.2, 0.25) is 5.02 Å². The maximum absolute atomic E-state index is 12.8. The van der Waals surface area contributed by atoms with Gasteiger partial charge in [0.15, 0.2) is 0 Å². The summed E-state index contributed by atoms with van der Waals surface area (Å²) in [4.78, 5) is 13.4. The van der Waals surface area contributed by atoms with E-state index in [-0.39, 0.29) is 5.75 Å². The van der Waals surface area contributed by atoms with Gasteiger partial charge in [0.1, 0.15) is 5.82 Å². The van der Waals surface area contributed by atoms with E-state index in [2.05, 4.69) is 14.8 Å². The third kappa shape index (κ3) is 4.39. The van der Waals surface area contributed by atoms with Crippen molar-refractivity contribution >= 4 is 33.4 Å². The van der Waals surface area contributed by atoms with Crippen LogP contribution in [-0.2, 0) is 15.8 Å². The lowest BCUT2D eigenvalue weighted by Gasteiger charge is -2.35. The van der Waals surface area contributed by atoms with E-state index >= 15 is 0 Å². The smallest absolute Gasteiger partial charge is 0.227 e. The fraction of sp³-hybridized carbons (Fsp3) is 0.474. The van der Waals surface area contributed by atoms with Gasteiger partial charge in [0.05, 0.1) is 5.75 Å². The molecule has 1 aromatic heterocycles. The molecule has 0 bridgehead atoms. The summed E-state index contributed by atoms with van der Waals surface area (Å²) in [6.07, 6.45) is 4.14. The molecule has 2 aliphatic rings. The van der Waals surface area contributed by atoms with E-state index in [1.807, 2.05) is 6.07 Å². The number of halogens is 1. The third-order valence-electron chi connectivity index (χ3n) is 5.21.